The normalized spacial score (nSPS) is 14.5. The number of aliphatic imine (C=N–C) groups is 1. The Kier molecular flexibility index (Phi) is 4.53. The molecule has 0 radical (unpaired) electrons. The fourth-order valence-electron chi connectivity index (χ4n) is 2.12. The number of amides is 3. The molecule has 0 saturated carbocycles. The van der Waals surface area contributed by atoms with Gasteiger partial charge in [-0.25, -0.2) is 13.8 Å². The Balaban J connectivity index is 2.08. The maximum atomic E-state index is 14.0. The third kappa shape index (κ3) is 3.77. The molecule has 2 rings (SSSR count). The van der Waals surface area contributed by atoms with E-state index in [2.05, 4.69) is 4.99 Å². The van der Waals surface area contributed by atoms with E-state index in [1.54, 1.807) is 26.2 Å². The van der Waals surface area contributed by atoms with Gasteiger partial charge in [0.15, 0.2) is 0 Å². The highest BCUT2D eigenvalue weighted by atomic mass is 19.3. The summed E-state index contributed by atoms with van der Waals surface area (Å²) in [5, 5.41) is 0. The minimum Gasteiger partial charge on any atom is -0.369 e. The second kappa shape index (κ2) is 6.23. The number of carbonyl (C=O) groups is 3. The van der Waals surface area contributed by atoms with Gasteiger partial charge in [0, 0.05) is 14.1 Å². The molecule has 1 heterocycles. The van der Waals surface area contributed by atoms with E-state index < -0.39 is 36.6 Å². The molecule has 0 atom stereocenters. The Bertz CT molecular complexity index is 651. The first-order valence-corrected chi connectivity index (χ1v) is 6.78. The molecule has 0 fully saturated rings. The number of fused-ring (bicyclic) bond motifs is 1. The van der Waals surface area contributed by atoms with E-state index in [0.29, 0.717) is 4.90 Å². The minimum atomic E-state index is -3.55. The molecule has 1 aromatic rings. The maximum absolute atomic E-state index is 14.0. The summed E-state index contributed by atoms with van der Waals surface area (Å²) < 4.78 is 27.9. The van der Waals surface area contributed by atoms with Crippen LogP contribution >= 0.6 is 0 Å². The third-order valence-electron chi connectivity index (χ3n) is 3.11. The molecule has 0 bridgehead atoms. The maximum Gasteiger partial charge on any atom is 0.274 e. The van der Waals surface area contributed by atoms with E-state index in [9.17, 15) is 23.2 Å². The van der Waals surface area contributed by atoms with E-state index in [1.807, 2.05) is 0 Å². The molecule has 0 unspecified atom stereocenters. The molecule has 0 aliphatic carbocycles. The quantitative estimate of drug-likeness (QED) is 0.467. The number of hydrogen-bond acceptors (Lipinski definition) is 3. The molecular formula is C15H15F2N3O3. The number of hydrogen-bond donors (Lipinski definition) is 0. The summed E-state index contributed by atoms with van der Waals surface area (Å²) in [5.41, 5.74) is 0.176. The summed E-state index contributed by atoms with van der Waals surface area (Å²) in [7, 11) is 3.18. The minimum absolute atomic E-state index is 0.0882. The summed E-state index contributed by atoms with van der Waals surface area (Å²) in [6.45, 7) is -1.15. The van der Waals surface area contributed by atoms with Crippen molar-refractivity contribution >= 4 is 24.1 Å². The van der Waals surface area contributed by atoms with Crippen LogP contribution in [-0.2, 0) is 4.79 Å². The largest absolute Gasteiger partial charge is 0.369 e. The number of benzene rings is 1. The smallest absolute Gasteiger partial charge is 0.274 e. The van der Waals surface area contributed by atoms with E-state index in [-0.39, 0.29) is 11.1 Å². The Morgan fingerprint density at radius 2 is 1.74 bits per heavy atom. The number of halogens is 2. The third-order valence-corrected chi connectivity index (χ3v) is 3.11. The zero-order valence-electron chi connectivity index (χ0n) is 12.6. The van der Waals surface area contributed by atoms with Crippen LogP contribution in [0.1, 0.15) is 27.1 Å². The second-order valence-electron chi connectivity index (χ2n) is 5.38. The molecule has 0 aromatic heterocycles. The van der Waals surface area contributed by atoms with Crippen molar-refractivity contribution in [3.05, 3.63) is 35.4 Å². The molecule has 8 heteroatoms. The van der Waals surface area contributed by atoms with Crippen LogP contribution in [0.2, 0.25) is 0 Å². The summed E-state index contributed by atoms with van der Waals surface area (Å²) >= 11 is 0. The number of carbonyl (C=O) groups excluding carboxylic acids is 3. The standard InChI is InChI=1S/C15H15F2N3O3/c1-19(2)9-18-12(21)7-15(16,17)8-20-13(22)10-5-3-4-6-11(10)14(20)23/h3-6,9H,7-8H2,1-2H3. The van der Waals surface area contributed by atoms with Crippen molar-refractivity contribution in [2.45, 2.75) is 12.3 Å². The fraction of sp³-hybridized carbons (Fsp3) is 0.333. The summed E-state index contributed by atoms with van der Waals surface area (Å²) in [5.74, 6) is -6.14. The fourth-order valence-corrected chi connectivity index (χ4v) is 2.12. The highest BCUT2D eigenvalue weighted by molar-refractivity contribution is 6.21. The molecule has 0 spiro atoms. The number of nitrogens with zero attached hydrogens (tertiary/aromatic N) is 3. The predicted octanol–water partition coefficient (Wildman–Crippen LogP) is 1.42. The monoisotopic (exact) mass is 323 g/mol. The molecule has 3 amide bonds. The van der Waals surface area contributed by atoms with Crippen molar-refractivity contribution in [3.8, 4) is 0 Å². The predicted molar refractivity (Wildman–Crippen MR) is 78.6 cm³/mol. The highest BCUT2D eigenvalue weighted by Crippen LogP contribution is 2.28. The van der Waals surface area contributed by atoms with Crippen molar-refractivity contribution in [1.29, 1.82) is 0 Å². The average Bonchev–Trinajstić information content (AvgIpc) is 2.70. The lowest BCUT2D eigenvalue weighted by Gasteiger charge is -2.21. The number of imide groups is 1. The Labute approximate surface area is 131 Å². The molecule has 1 aliphatic heterocycles. The van der Waals surface area contributed by atoms with Gasteiger partial charge in [-0.15, -0.1) is 0 Å². The van der Waals surface area contributed by atoms with E-state index in [1.165, 1.54) is 17.0 Å². The van der Waals surface area contributed by atoms with Gasteiger partial charge in [-0.3, -0.25) is 19.3 Å². The van der Waals surface area contributed by atoms with Crippen LogP contribution in [0.15, 0.2) is 29.3 Å². The van der Waals surface area contributed by atoms with Crippen molar-refractivity contribution in [3.63, 3.8) is 0 Å². The molecule has 0 N–H and O–H groups in total. The van der Waals surface area contributed by atoms with Crippen molar-refractivity contribution in [2.75, 3.05) is 20.6 Å². The molecular weight excluding hydrogens is 308 g/mol. The van der Waals surface area contributed by atoms with Crippen LogP contribution < -0.4 is 0 Å². The first-order chi connectivity index (χ1) is 10.7. The van der Waals surface area contributed by atoms with E-state index in [0.717, 1.165) is 6.34 Å². The van der Waals surface area contributed by atoms with Gasteiger partial charge in [0.2, 0.25) is 0 Å². The Morgan fingerprint density at radius 1 is 1.22 bits per heavy atom. The van der Waals surface area contributed by atoms with Crippen LogP contribution in [0.3, 0.4) is 0 Å². The van der Waals surface area contributed by atoms with E-state index in [4.69, 9.17) is 0 Å². The van der Waals surface area contributed by atoms with Crippen LogP contribution in [0.4, 0.5) is 8.78 Å². The van der Waals surface area contributed by atoms with Gasteiger partial charge in [-0.2, -0.15) is 0 Å². The number of rotatable bonds is 5. The Morgan fingerprint density at radius 3 is 2.22 bits per heavy atom. The van der Waals surface area contributed by atoms with Gasteiger partial charge in [0.1, 0.15) is 0 Å². The van der Waals surface area contributed by atoms with Gasteiger partial charge in [-0.05, 0) is 12.1 Å². The summed E-state index contributed by atoms with van der Waals surface area (Å²) in [4.78, 5) is 40.7. The zero-order chi connectivity index (χ0) is 17.2. The SMILES string of the molecule is CN(C)C=NC(=O)CC(F)(F)CN1C(=O)c2ccccc2C1=O. The average molecular weight is 323 g/mol. The van der Waals surface area contributed by atoms with Gasteiger partial charge < -0.3 is 4.90 Å². The number of alkyl halides is 2. The van der Waals surface area contributed by atoms with E-state index >= 15 is 0 Å². The van der Waals surface area contributed by atoms with Crippen molar-refractivity contribution in [1.82, 2.24) is 9.80 Å². The molecule has 1 aliphatic rings. The first-order valence-electron chi connectivity index (χ1n) is 6.78. The summed E-state index contributed by atoms with van der Waals surface area (Å²) in [6.07, 6.45) is -0.0643. The zero-order valence-corrected chi connectivity index (χ0v) is 12.6. The van der Waals surface area contributed by atoms with Crippen LogP contribution in [0.5, 0.6) is 0 Å². The van der Waals surface area contributed by atoms with Gasteiger partial charge in [0.05, 0.1) is 30.4 Å². The van der Waals surface area contributed by atoms with Crippen molar-refractivity contribution in [2.24, 2.45) is 4.99 Å². The molecule has 1 aromatic carbocycles. The van der Waals surface area contributed by atoms with Gasteiger partial charge in [-0.1, -0.05) is 12.1 Å². The van der Waals surface area contributed by atoms with Gasteiger partial charge >= 0.3 is 0 Å². The lowest BCUT2D eigenvalue weighted by molar-refractivity contribution is -0.125. The highest BCUT2D eigenvalue weighted by Gasteiger charge is 2.43. The second-order valence-corrected chi connectivity index (χ2v) is 5.38. The molecule has 23 heavy (non-hydrogen) atoms. The van der Waals surface area contributed by atoms with Crippen molar-refractivity contribution < 1.29 is 23.2 Å². The van der Waals surface area contributed by atoms with Gasteiger partial charge in [0.25, 0.3) is 23.6 Å². The summed E-state index contributed by atoms with van der Waals surface area (Å²) in [6, 6.07) is 5.90. The first kappa shape index (κ1) is 16.7. The Hall–Kier alpha value is -2.64. The van der Waals surface area contributed by atoms with Crippen LogP contribution in [-0.4, -0.2) is 60.4 Å². The van der Waals surface area contributed by atoms with Crippen LogP contribution in [0, 0.1) is 0 Å². The lowest BCUT2D eigenvalue weighted by Crippen LogP contribution is -2.41. The topological polar surface area (TPSA) is 70.1 Å². The molecule has 0 saturated heterocycles. The molecule has 6 nitrogen and oxygen atoms in total. The molecule has 122 valence electrons. The van der Waals surface area contributed by atoms with Crippen LogP contribution in [0.25, 0.3) is 0 Å². The lowest BCUT2D eigenvalue weighted by atomic mass is 10.1.